The summed E-state index contributed by atoms with van der Waals surface area (Å²) in [4.78, 5) is 63.9. The van der Waals surface area contributed by atoms with E-state index in [1.807, 2.05) is 12.1 Å². The van der Waals surface area contributed by atoms with Crippen LogP contribution in [-0.4, -0.2) is 113 Å². The number of piperidine rings is 2. The van der Waals surface area contributed by atoms with Crippen LogP contribution in [0, 0.1) is 17.2 Å². The molecule has 3 aromatic rings. The molecule has 0 bridgehead atoms. The number of nitrogens with zero attached hydrogens (tertiary/aromatic N) is 8. The minimum Gasteiger partial charge on any atom is -0.490 e. The van der Waals surface area contributed by atoms with Crippen molar-refractivity contribution in [2.24, 2.45) is 11.7 Å². The van der Waals surface area contributed by atoms with Gasteiger partial charge in [-0.25, -0.2) is 4.98 Å². The number of aromatic nitrogens is 3. The van der Waals surface area contributed by atoms with Crippen molar-refractivity contribution in [3.05, 3.63) is 70.6 Å². The molecular formula is C39H45ClN10O5. The van der Waals surface area contributed by atoms with Crippen LogP contribution in [-0.2, 0) is 9.59 Å². The smallest absolute Gasteiger partial charge is 0.273 e. The number of nitrogens with one attached hydrogen (secondary N) is 1. The van der Waals surface area contributed by atoms with E-state index in [0.717, 1.165) is 70.2 Å². The number of amides is 4. The number of piperazine rings is 1. The molecular weight excluding hydrogens is 724 g/mol. The van der Waals surface area contributed by atoms with Gasteiger partial charge in [0, 0.05) is 64.3 Å². The minimum absolute atomic E-state index is 0.111. The van der Waals surface area contributed by atoms with E-state index in [2.05, 4.69) is 35.2 Å². The lowest BCUT2D eigenvalue weighted by atomic mass is 9.89. The first-order valence-corrected chi connectivity index (χ1v) is 19.4. The highest BCUT2D eigenvalue weighted by atomic mass is 35.5. The molecule has 55 heavy (non-hydrogen) atoms. The number of hydrogen-bond donors (Lipinski definition) is 2. The summed E-state index contributed by atoms with van der Waals surface area (Å²) in [5.74, 6) is 0.237. The van der Waals surface area contributed by atoms with Gasteiger partial charge in [-0.3, -0.25) is 29.4 Å². The van der Waals surface area contributed by atoms with Crippen LogP contribution in [0.2, 0.25) is 5.02 Å². The molecule has 0 spiro atoms. The Morgan fingerprint density at radius 3 is 2.27 bits per heavy atom. The predicted octanol–water partition coefficient (Wildman–Crippen LogP) is 3.17. The van der Waals surface area contributed by atoms with E-state index in [1.54, 1.807) is 47.5 Å². The highest BCUT2D eigenvalue weighted by molar-refractivity contribution is 6.31. The molecule has 4 amide bonds. The second-order valence-corrected chi connectivity index (χ2v) is 15.1. The average Bonchev–Trinajstić information content (AvgIpc) is 3.20. The topological polar surface area (TPSA) is 191 Å². The molecule has 1 saturated carbocycles. The van der Waals surface area contributed by atoms with Gasteiger partial charge in [-0.05, 0) is 87.3 Å². The maximum absolute atomic E-state index is 14.2. The van der Waals surface area contributed by atoms with Crippen LogP contribution in [0.25, 0.3) is 0 Å². The zero-order valence-electron chi connectivity index (χ0n) is 30.6. The Hall–Kier alpha value is -5.33. The summed E-state index contributed by atoms with van der Waals surface area (Å²) < 4.78 is 6.17. The second-order valence-electron chi connectivity index (χ2n) is 14.7. The molecule has 1 unspecified atom stereocenters. The number of anilines is 2. The van der Waals surface area contributed by atoms with Crippen molar-refractivity contribution in [3.63, 3.8) is 0 Å². The minimum atomic E-state index is -0.768. The summed E-state index contributed by atoms with van der Waals surface area (Å²) in [5, 5.41) is 20.1. The molecule has 3 N–H and O–H groups in total. The van der Waals surface area contributed by atoms with Gasteiger partial charge in [-0.2, -0.15) is 5.26 Å². The number of carbonyl (C=O) groups is 4. The predicted molar refractivity (Wildman–Crippen MR) is 204 cm³/mol. The Morgan fingerprint density at radius 1 is 0.909 bits per heavy atom. The lowest BCUT2D eigenvalue weighted by molar-refractivity contribution is -0.137. The van der Waals surface area contributed by atoms with Crippen molar-refractivity contribution < 1.29 is 23.9 Å². The zero-order chi connectivity index (χ0) is 38.5. The van der Waals surface area contributed by atoms with Crippen molar-refractivity contribution in [3.8, 4) is 11.8 Å². The highest BCUT2D eigenvalue weighted by Crippen LogP contribution is 2.32. The molecule has 16 heteroatoms. The largest absolute Gasteiger partial charge is 0.490 e. The highest BCUT2D eigenvalue weighted by Gasteiger charge is 2.41. The number of rotatable bonds is 10. The number of primary amides is 1. The lowest BCUT2D eigenvalue weighted by Crippen LogP contribution is -2.58. The molecule has 15 nitrogen and oxygen atoms in total. The summed E-state index contributed by atoms with van der Waals surface area (Å²) in [6, 6.07) is 13.1. The van der Waals surface area contributed by atoms with Gasteiger partial charge in [0.05, 0.1) is 28.6 Å². The van der Waals surface area contributed by atoms with Gasteiger partial charge in [0.1, 0.15) is 23.6 Å². The van der Waals surface area contributed by atoms with Gasteiger partial charge in [-0.15, -0.1) is 10.2 Å². The first-order valence-electron chi connectivity index (χ1n) is 19.0. The quantitative estimate of drug-likeness (QED) is 0.287. The Kier molecular flexibility index (Phi) is 11.7. The number of benzene rings is 1. The van der Waals surface area contributed by atoms with Gasteiger partial charge in [0.2, 0.25) is 11.8 Å². The summed E-state index contributed by atoms with van der Waals surface area (Å²) >= 11 is 6.20. The fourth-order valence-electron chi connectivity index (χ4n) is 8.16. The zero-order valence-corrected chi connectivity index (χ0v) is 31.4. The molecule has 1 aromatic carbocycles. The van der Waals surface area contributed by atoms with Gasteiger partial charge in [0.25, 0.3) is 11.8 Å². The normalized spacial score (nSPS) is 22.4. The number of carbonyl (C=O) groups excluding carboxylic acids is 4. The van der Waals surface area contributed by atoms with Crippen LogP contribution in [0.4, 0.5) is 11.5 Å². The Morgan fingerprint density at radius 2 is 1.65 bits per heavy atom. The summed E-state index contributed by atoms with van der Waals surface area (Å²) in [7, 11) is 0. The first kappa shape index (κ1) is 38.0. The fraction of sp³-hybridized carbons (Fsp3) is 0.487. The molecule has 4 aliphatic rings. The molecule has 4 fully saturated rings. The number of ether oxygens (including phenoxy) is 1. The molecule has 5 heterocycles. The van der Waals surface area contributed by atoms with Crippen LogP contribution in [0.3, 0.4) is 0 Å². The second kappa shape index (κ2) is 17.0. The van der Waals surface area contributed by atoms with Crippen LogP contribution >= 0.6 is 11.6 Å². The van der Waals surface area contributed by atoms with E-state index in [4.69, 9.17) is 22.1 Å². The van der Waals surface area contributed by atoms with E-state index in [-0.39, 0.29) is 48.2 Å². The molecule has 3 saturated heterocycles. The van der Waals surface area contributed by atoms with Crippen LogP contribution in [0.5, 0.6) is 5.75 Å². The monoisotopic (exact) mass is 768 g/mol. The summed E-state index contributed by atoms with van der Waals surface area (Å²) in [5.41, 5.74) is 7.04. The van der Waals surface area contributed by atoms with Crippen molar-refractivity contribution >= 4 is 46.7 Å². The standard InChI is InChI=1S/C39H45ClN10O5/c40-31-21-30(5-1-26(31)22-41)55-29-6-2-27(3-7-29)50(34-10-12-36(51)44-38(34)53)39(54)33-8-4-28(23-43-33)48-19-17-47(18-20-48)24-25-13-15-49(16-14-25)35-11-9-32(37(42)52)45-46-35/h1,4-5,8-9,11,21,23,25,27,29,34H,2-3,6-7,10,12-20,24H2,(H2,42,52)(H,44,51,53). The third kappa shape index (κ3) is 8.98. The molecule has 0 radical (unpaired) electrons. The number of imide groups is 1. The molecule has 2 aromatic heterocycles. The van der Waals surface area contributed by atoms with Crippen molar-refractivity contribution in [1.82, 2.24) is 30.3 Å². The van der Waals surface area contributed by atoms with Gasteiger partial charge < -0.3 is 25.2 Å². The molecule has 1 atom stereocenters. The SMILES string of the molecule is N#Cc1ccc(OC2CCC(N(C(=O)c3ccc(N4CCN(CC5CCN(c6ccc(C(N)=O)nn6)CC5)CC4)cn3)C3CCC(=O)NC3=O)CC2)cc1Cl. The van der Waals surface area contributed by atoms with E-state index >= 15 is 0 Å². The van der Waals surface area contributed by atoms with Gasteiger partial charge >= 0.3 is 0 Å². The Balaban J connectivity index is 0.921. The number of nitriles is 1. The third-order valence-electron chi connectivity index (χ3n) is 11.2. The number of pyridine rings is 1. The third-order valence-corrected chi connectivity index (χ3v) is 11.6. The van der Waals surface area contributed by atoms with E-state index in [9.17, 15) is 24.4 Å². The number of hydrogen-bond acceptors (Lipinski definition) is 12. The maximum atomic E-state index is 14.2. The van der Waals surface area contributed by atoms with E-state index < -0.39 is 17.9 Å². The van der Waals surface area contributed by atoms with E-state index in [0.29, 0.717) is 47.9 Å². The van der Waals surface area contributed by atoms with Crippen LogP contribution in [0.1, 0.15) is 77.9 Å². The van der Waals surface area contributed by atoms with Gasteiger partial charge in [0.15, 0.2) is 11.5 Å². The Bertz CT molecular complexity index is 1920. The molecule has 288 valence electrons. The first-order chi connectivity index (χ1) is 26.6. The number of halogens is 1. The Labute approximate surface area is 324 Å². The average molecular weight is 769 g/mol. The molecule has 7 rings (SSSR count). The summed E-state index contributed by atoms with van der Waals surface area (Å²) in [6.45, 7) is 6.35. The van der Waals surface area contributed by atoms with E-state index in [1.165, 1.54) is 0 Å². The molecule has 1 aliphatic carbocycles. The summed E-state index contributed by atoms with van der Waals surface area (Å²) in [6.07, 6.45) is 6.70. The maximum Gasteiger partial charge on any atom is 0.273 e. The van der Waals surface area contributed by atoms with Crippen LogP contribution in [0.15, 0.2) is 48.7 Å². The lowest BCUT2D eigenvalue weighted by Gasteiger charge is -2.41. The molecule has 3 aliphatic heterocycles. The fourth-order valence-corrected chi connectivity index (χ4v) is 8.37. The van der Waals surface area contributed by atoms with Crippen molar-refractivity contribution in [2.75, 3.05) is 55.6 Å². The van der Waals surface area contributed by atoms with Crippen molar-refractivity contribution in [1.29, 1.82) is 5.26 Å². The van der Waals surface area contributed by atoms with Crippen LogP contribution < -0.4 is 25.6 Å². The van der Waals surface area contributed by atoms with Gasteiger partial charge in [-0.1, -0.05) is 11.6 Å². The van der Waals surface area contributed by atoms with Crippen molar-refractivity contribution in [2.45, 2.75) is 69.6 Å². The number of nitrogens with two attached hydrogens (primary N) is 1.